The summed E-state index contributed by atoms with van der Waals surface area (Å²) in [5, 5.41) is 0. The van der Waals surface area contributed by atoms with Gasteiger partial charge in [-0.3, -0.25) is 4.79 Å². The average molecular weight is 478 g/mol. The average Bonchev–Trinajstić information content (AvgIpc) is 3.13. The smallest absolute Gasteiger partial charge is 0.185 e. The molecule has 0 unspecified atom stereocenters. The first-order valence-electron chi connectivity index (χ1n) is 7.44. The summed E-state index contributed by atoms with van der Waals surface area (Å²) in [5.41, 5.74) is 2.38. The summed E-state index contributed by atoms with van der Waals surface area (Å²) in [6.45, 7) is 4.52. The summed E-state index contributed by atoms with van der Waals surface area (Å²) in [6.07, 6.45) is 0.333. The lowest BCUT2D eigenvalue weighted by atomic mass is 10.1. The van der Waals surface area contributed by atoms with Crippen molar-refractivity contribution in [1.82, 2.24) is 0 Å². The van der Waals surface area contributed by atoms with E-state index in [9.17, 15) is 13.6 Å². The Labute approximate surface area is 161 Å². The van der Waals surface area contributed by atoms with Crippen molar-refractivity contribution >= 4 is 38.1 Å². The summed E-state index contributed by atoms with van der Waals surface area (Å²) in [7, 11) is 0. The molecule has 1 fully saturated rings. The van der Waals surface area contributed by atoms with E-state index in [1.54, 1.807) is 19.9 Å². The normalized spacial score (nSPS) is 14.2. The standard InChI is InChI=1S/C10H10BrFO2.C8H6BrFO/c1-6-8(12)3-2-7(9(6)11)10-13-4-5-14-10;1-5-7(10)3-2-6(4-11)8(5)9/h2-3,10H,4-5H2,1H3;2-4H,1H3. The first kappa shape index (κ1) is 20.2. The van der Waals surface area contributed by atoms with Gasteiger partial charge in [0.2, 0.25) is 0 Å². The summed E-state index contributed by atoms with van der Waals surface area (Å²) in [5.74, 6) is -0.527. The Morgan fingerprint density at radius 1 is 0.960 bits per heavy atom. The monoisotopic (exact) mass is 476 g/mol. The van der Waals surface area contributed by atoms with Crippen molar-refractivity contribution < 1.29 is 23.0 Å². The maximum Gasteiger partial charge on any atom is 0.185 e. The Hall–Kier alpha value is -1.15. The minimum atomic E-state index is -0.358. The Kier molecular flexibility index (Phi) is 7.25. The van der Waals surface area contributed by atoms with Gasteiger partial charge in [-0.05, 0) is 81.1 Å². The van der Waals surface area contributed by atoms with Crippen LogP contribution in [-0.4, -0.2) is 19.5 Å². The maximum atomic E-state index is 13.1. The summed E-state index contributed by atoms with van der Waals surface area (Å²) < 4.78 is 37.8. The van der Waals surface area contributed by atoms with Gasteiger partial charge in [-0.25, -0.2) is 8.78 Å². The van der Waals surface area contributed by atoms with Crippen molar-refractivity contribution in [2.45, 2.75) is 20.1 Å². The van der Waals surface area contributed by atoms with Gasteiger partial charge in [-0.2, -0.15) is 0 Å². The summed E-state index contributed by atoms with van der Waals surface area (Å²) >= 11 is 6.46. The first-order chi connectivity index (χ1) is 11.9. The number of carbonyl (C=O) groups is 1. The molecular formula is C18H16Br2F2O3. The van der Waals surface area contributed by atoms with Crippen LogP contribution in [0.25, 0.3) is 0 Å². The Balaban J connectivity index is 0.000000186. The molecule has 3 nitrogen and oxygen atoms in total. The molecule has 3 rings (SSSR count). The lowest BCUT2D eigenvalue weighted by Gasteiger charge is -2.13. The zero-order valence-corrected chi connectivity index (χ0v) is 16.8. The third kappa shape index (κ3) is 4.73. The van der Waals surface area contributed by atoms with E-state index in [0.717, 1.165) is 10.0 Å². The van der Waals surface area contributed by atoms with Gasteiger partial charge >= 0.3 is 0 Å². The highest BCUT2D eigenvalue weighted by atomic mass is 79.9. The highest BCUT2D eigenvalue weighted by Crippen LogP contribution is 2.32. The van der Waals surface area contributed by atoms with Crippen molar-refractivity contribution in [3.05, 3.63) is 67.1 Å². The molecule has 1 heterocycles. The van der Waals surface area contributed by atoms with Gasteiger partial charge in [-0.15, -0.1) is 0 Å². The SMILES string of the molecule is Cc1c(F)ccc(C2OCCO2)c1Br.Cc1c(F)ccc(C=O)c1Br. The van der Waals surface area contributed by atoms with Gasteiger partial charge < -0.3 is 9.47 Å². The minimum absolute atomic E-state index is 0.223. The van der Waals surface area contributed by atoms with Crippen molar-refractivity contribution in [2.24, 2.45) is 0 Å². The second kappa shape index (κ2) is 8.98. The van der Waals surface area contributed by atoms with Crippen molar-refractivity contribution in [3.8, 4) is 0 Å². The molecule has 1 aliphatic rings. The van der Waals surface area contributed by atoms with Gasteiger partial charge in [0.15, 0.2) is 12.6 Å². The van der Waals surface area contributed by atoms with Crippen LogP contribution < -0.4 is 0 Å². The van der Waals surface area contributed by atoms with Crippen LogP contribution in [0, 0.1) is 25.5 Å². The number of hydrogen-bond acceptors (Lipinski definition) is 3. The van der Waals surface area contributed by atoms with Gasteiger partial charge in [0.05, 0.1) is 13.2 Å². The highest BCUT2D eigenvalue weighted by Gasteiger charge is 2.22. The van der Waals surface area contributed by atoms with Gasteiger partial charge in [0.1, 0.15) is 11.6 Å². The van der Waals surface area contributed by atoms with Crippen LogP contribution in [0.4, 0.5) is 8.78 Å². The zero-order valence-electron chi connectivity index (χ0n) is 13.6. The largest absolute Gasteiger partial charge is 0.346 e. The van der Waals surface area contributed by atoms with E-state index >= 15 is 0 Å². The Morgan fingerprint density at radius 2 is 1.48 bits per heavy atom. The molecule has 0 N–H and O–H groups in total. The highest BCUT2D eigenvalue weighted by molar-refractivity contribution is 9.11. The van der Waals surface area contributed by atoms with Crippen LogP contribution in [0.3, 0.4) is 0 Å². The molecule has 25 heavy (non-hydrogen) atoms. The second-order valence-electron chi connectivity index (χ2n) is 5.34. The lowest BCUT2D eigenvalue weighted by Crippen LogP contribution is -2.01. The third-order valence-electron chi connectivity index (χ3n) is 3.70. The third-order valence-corrected chi connectivity index (χ3v) is 5.81. The fourth-order valence-corrected chi connectivity index (χ4v) is 3.10. The lowest BCUT2D eigenvalue weighted by molar-refractivity contribution is -0.0447. The topological polar surface area (TPSA) is 35.5 Å². The molecule has 1 aliphatic heterocycles. The molecular weight excluding hydrogens is 462 g/mol. The summed E-state index contributed by atoms with van der Waals surface area (Å²) in [6, 6.07) is 5.84. The van der Waals surface area contributed by atoms with E-state index in [2.05, 4.69) is 31.9 Å². The number of hydrogen-bond donors (Lipinski definition) is 0. The molecule has 0 radical (unpaired) electrons. The maximum absolute atomic E-state index is 13.1. The van der Waals surface area contributed by atoms with Crippen LogP contribution in [0.5, 0.6) is 0 Å². The van der Waals surface area contributed by atoms with Gasteiger partial charge in [0.25, 0.3) is 0 Å². The molecule has 0 saturated carbocycles. The molecule has 0 bridgehead atoms. The molecule has 2 aromatic carbocycles. The Morgan fingerprint density at radius 3 is 2.04 bits per heavy atom. The van der Waals surface area contributed by atoms with Crippen LogP contribution >= 0.6 is 31.9 Å². The van der Waals surface area contributed by atoms with Crippen LogP contribution in [0.2, 0.25) is 0 Å². The number of ether oxygens (including phenoxy) is 2. The van der Waals surface area contributed by atoms with Crippen molar-refractivity contribution in [3.63, 3.8) is 0 Å². The predicted octanol–water partition coefficient (Wildman–Crippen LogP) is 5.65. The fraction of sp³-hybridized carbons (Fsp3) is 0.278. The zero-order chi connectivity index (χ0) is 18.6. The quantitative estimate of drug-likeness (QED) is 0.524. The second-order valence-corrected chi connectivity index (χ2v) is 6.93. The van der Waals surface area contributed by atoms with Crippen molar-refractivity contribution in [2.75, 3.05) is 13.2 Å². The molecule has 7 heteroatoms. The molecule has 0 aromatic heterocycles. The minimum Gasteiger partial charge on any atom is -0.346 e. The molecule has 0 atom stereocenters. The first-order valence-corrected chi connectivity index (χ1v) is 9.03. The van der Waals surface area contributed by atoms with Crippen LogP contribution in [0.1, 0.15) is 33.3 Å². The molecule has 0 amide bonds. The van der Waals surface area contributed by atoms with E-state index in [4.69, 9.17) is 9.47 Å². The predicted molar refractivity (Wildman–Crippen MR) is 97.7 cm³/mol. The fourth-order valence-electron chi connectivity index (χ4n) is 2.18. The molecule has 1 saturated heterocycles. The van der Waals surface area contributed by atoms with Crippen molar-refractivity contribution in [1.29, 1.82) is 0 Å². The number of rotatable bonds is 2. The number of halogens is 4. The van der Waals surface area contributed by atoms with Crippen LogP contribution in [-0.2, 0) is 9.47 Å². The van der Waals surface area contributed by atoms with E-state index in [1.807, 2.05) is 0 Å². The number of aldehydes is 1. The summed E-state index contributed by atoms with van der Waals surface area (Å²) in [4.78, 5) is 10.3. The molecule has 0 spiro atoms. The molecule has 0 aliphatic carbocycles. The van der Waals surface area contributed by atoms with Gasteiger partial charge in [0, 0.05) is 20.1 Å². The van der Waals surface area contributed by atoms with E-state index in [-0.39, 0.29) is 17.9 Å². The Bertz CT molecular complexity index is 775. The molecule has 2 aromatic rings. The van der Waals surface area contributed by atoms with Crippen LogP contribution in [0.15, 0.2) is 33.2 Å². The molecule has 134 valence electrons. The number of carbonyl (C=O) groups excluding carboxylic acids is 1. The van der Waals surface area contributed by atoms with E-state index in [1.165, 1.54) is 18.2 Å². The van der Waals surface area contributed by atoms with E-state index in [0.29, 0.717) is 40.7 Å². The number of benzene rings is 2. The van der Waals surface area contributed by atoms with E-state index < -0.39 is 0 Å². The van der Waals surface area contributed by atoms with Gasteiger partial charge in [-0.1, -0.05) is 0 Å².